The van der Waals surface area contributed by atoms with Crippen LogP contribution in [0.3, 0.4) is 0 Å². The predicted molar refractivity (Wildman–Crippen MR) is 84.3 cm³/mol. The van der Waals surface area contributed by atoms with E-state index in [1.165, 1.54) is 0 Å². The summed E-state index contributed by atoms with van der Waals surface area (Å²) in [7, 11) is 0. The lowest BCUT2D eigenvalue weighted by atomic mass is 9.84. The molecule has 2 heterocycles. The first-order valence-corrected chi connectivity index (χ1v) is 8.69. The van der Waals surface area contributed by atoms with E-state index in [-0.39, 0.29) is 22.7 Å². The van der Waals surface area contributed by atoms with E-state index >= 15 is 0 Å². The van der Waals surface area contributed by atoms with Crippen LogP contribution in [0.2, 0.25) is 0 Å². The maximum atomic E-state index is 12.9. The standard InChI is InChI=1S/C15H26N2O3S/c1-10(2)12-17(11(8-21-12)13(18)19)14(20)16-7-5-6-15(3,4)9-16/h10-12H,5-9H2,1-4H3,(H,18,19). The van der Waals surface area contributed by atoms with E-state index in [1.807, 2.05) is 18.7 Å². The van der Waals surface area contributed by atoms with Gasteiger partial charge >= 0.3 is 12.0 Å². The highest BCUT2D eigenvalue weighted by molar-refractivity contribution is 8.00. The minimum atomic E-state index is -0.893. The molecule has 0 aliphatic carbocycles. The fraction of sp³-hybridized carbons (Fsp3) is 0.867. The molecular formula is C15H26N2O3S. The molecule has 21 heavy (non-hydrogen) atoms. The SMILES string of the molecule is CC(C)C1SCC(C(=O)O)N1C(=O)N1CCCC(C)(C)C1. The van der Waals surface area contributed by atoms with Crippen LogP contribution in [0.25, 0.3) is 0 Å². The predicted octanol–water partition coefficient (Wildman–Crippen LogP) is 2.71. The molecule has 2 aliphatic rings. The average molecular weight is 314 g/mol. The van der Waals surface area contributed by atoms with E-state index in [1.54, 1.807) is 16.7 Å². The van der Waals surface area contributed by atoms with Crippen LogP contribution in [-0.2, 0) is 4.79 Å². The number of carboxylic acid groups (broad SMARTS) is 1. The second kappa shape index (κ2) is 6.07. The molecule has 0 aromatic carbocycles. The van der Waals surface area contributed by atoms with Crippen LogP contribution < -0.4 is 0 Å². The molecule has 120 valence electrons. The lowest BCUT2D eigenvalue weighted by molar-refractivity contribution is -0.141. The molecule has 2 rings (SSSR count). The Balaban J connectivity index is 2.18. The highest BCUT2D eigenvalue weighted by Gasteiger charge is 2.45. The van der Waals surface area contributed by atoms with E-state index in [4.69, 9.17) is 0 Å². The van der Waals surface area contributed by atoms with Crippen LogP contribution in [0.5, 0.6) is 0 Å². The van der Waals surface area contributed by atoms with Crippen LogP contribution in [0.4, 0.5) is 4.79 Å². The highest BCUT2D eigenvalue weighted by atomic mass is 32.2. The van der Waals surface area contributed by atoms with Gasteiger partial charge in [-0.05, 0) is 24.2 Å². The fourth-order valence-electron chi connectivity index (χ4n) is 3.22. The van der Waals surface area contributed by atoms with E-state index in [0.29, 0.717) is 12.3 Å². The monoisotopic (exact) mass is 314 g/mol. The number of hydrogen-bond acceptors (Lipinski definition) is 3. The molecule has 2 aliphatic heterocycles. The molecule has 2 atom stereocenters. The summed E-state index contributed by atoms with van der Waals surface area (Å²) in [6.07, 6.45) is 2.10. The third-order valence-corrected chi connectivity index (χ3v) is 5.90. The summed E-state index contributed by atoms with van der Waals surface area (Å²) in [4.78, 5) is 27.8. The molecule has 2 fully saturated rings. The first kappa shape index (κ1) is 16.5. The minimum absolute atomic E-state index is 0.0383. The smallest absolute Gasteiger partial charge is 0.327 e. The van der Waals surface area contributed by atoms with Gasteiger partial charge in [0.2, 0.25) is 0 Å². The largest absolute Gasteiger partial charge is 0.480 e. The lowest BCUT2D eigenvalue weighted by Gasteiger charge is -2.41. The summed E-state index contributed by atoms with van der Waals surface area (Å²) in [5.74, 6) is -0.155. The van der Waals surface area contributed by atoms with Crippen molar-refractivity contribution in [3.05, 3.63) is 0 Å². The molecule has 2 amide bonds. The number of hydrogen-bond donors (Lipinski definition) is 1. The Morgan fingerprint density at radius 2 is 2.00 bits per heavy atom. The highest BCUT2D eigenvalue weighted by Crippen LogP contribution is 2.36. The second-order valence-corrected chi connectivity index (χ2v) is 8.35. The summed E-state index contributed by atoms with van der Waals surface area (Å²) in [6.45, 7) is 9.87. The van der Waals surface area contributed by atoms with Gasteiger partial charge in [0.25, 0.3) is 0 Å². The topological polar surface area (TPSA) is 60.9 Å². The number of rotatable bonds is 2. The van der Waals surface area contributed by atoms with Crippen molar-refractivity contribution in [2.75, 3.05) is 18.8 Å². The van der Waals surface area contributed by atoms with Gasteiger partial charge in [-0.3, -0.25) is 4.90 Å². The number of likely N-dealkylation sites (tertiary alicyclic amines) is 1. The zero-order valence-electron chi connectivity index (χ0n) is 13.3. The molecule has 0 aromatic rings. The van der Waals surface area contributed by atoms with Crippen LogP contribution in [-0.4, -0.2) is 57.2 Å². The number of aliphatic carboxylic acids is 1. The fourth-order valence-corrected chi connectivity index (χ4v) is 4.69. The summed E-state index contributed by atoms with van der Waals surface area (Å²) < 4.78 is 0. The van der Waals surface area contributed by atoms with Crippen molar-refractivity contribution in [3.8, 4) is 0 Å². The van der Waals surface area contributed by atoms with Gasteiger partial charge in [-0.25, -0.2) is 9.59 Å². The van der Waals surface area contributed by atoms with Gasteiger partial charge in [-0.2, -0.15) is 0 Å². The molecule has 0 bridgehead atoms. The Morgan fingerprint density at radius 1 is 1.33 bits per heavy atom. The van der Waals surface area contributed by atoms with Gasteiger partial charge < -0.3 is 10.0 Å². The second-order valence-electron chi connectivity index (χ2n) is 7.20. The molecule has 0 radical (unpaired) electrons. The maximum Gasteiger partial charge on any atom is 0.327 e. The van der Waals surface area contributed by atoms with Gasteiger partial charge in [-0.15, -0.1) is 11.8 Å². The minimum Gasteiger partial charge on any atom is -0.480 e. The number of urea groups is 1. The first-order chi connectivity index (χ1) is 9.73. The third kappa shape index (κ3) is 3.47. The van der Waals surface area contributed by atoms with Crippen LogP contribution in [0, 0.1) is 11.3 Å². The average Bonchev–Trinajstić information content (AvgIpc) is 2.81. The third-order valence-electron chi connectivity index (χ3n) is 4.28. The van der Waals surface area contributed by atoms with Crippen molar-refractivity contribution >= 4 is 23.8 Å². The maximum absolute atomic E-state index is 12.9. The summed E-state index contributed by atoms with van der Waals surface area (Å²) in [5, 5.41) is 9.37. The number of nitrogens with zero attached hydrogens (tertiary/aromatic N) is 2. The van der Waals surface area contributed by atoms with E-state index < -0.39 is 12.0 Å². The molecule has 1 N–H and O–H groups in total. The summed E-state index contributed by atoms with van der Waals surface area (Å²) >= 11 is 1.58. The summed E-state index contributed by atoms with van der Waals surface area (Å²) in [6, 6.07) is -0.793. The lowest BCUT2D eigenvalue weighted by Crippen LogP contribution is -2.55. The Hall–Kier alpha value is -0.910. The Kier molecular flexibility index (Phi) is 4.76. The van der Waals surface area contributed by atoms with Gasteiger partial charge in [0.15, 0.2) is 0 Å². The van der Waals surface area contributed by atoms with Crippen molar-refractivity contribution < 1.29 is 14.7 Å². The van der Waals surface area contributed by atoms with Crippen molar-refractivity contribution in [2.45, 2.75) is 52.0 Å². The molecule has 0 spiro atoms. The Bertz CT molecular complexity index is 425. The summed E-state index contributed by atoms with van der Waals surface area (Å²) in [5.41, 5.74) is 0.118. The molecule has 5 nitrogen and oxygen atoms in total. The van der Waals surface area contributed by atoms with Crippen molar-refractivity contribution in [1.29, 1.82) is 0 Å². The van der Waals surface area contributed by atoms with Gasteiger partial charge in [0.05, 0.1) is 5.37 Å². The normalized spacial score (nSPS) is 29.0. The van der Waals surface area contributed by atoms with Crippen molar-refractivity contribution in [2.24, 2.45) is 11.3 Å². The molecular weight excluding hydrogens is 288 g/mol. The van der Waals surface area contributed by atoms with Crippen molar-refractivity contribution in [3.63, 3.8) is 0 Å². The first-order valence-electron chi connectivity index (χ1n) is 7.64. The number of carboxylic acids is 1. The van der Waals surface area contributed by atoms with Gasteiger partial charge in [0, 0.05) is 18.8 Å². The number of thioether (sulfide) groups is 1. The number of carbonyl (C=O) groups is 2. The van der Waals surface area contributed by atoms with Crippen LogP contribution >= 0.6 is 11.8 Å². The van der Waals surface area contributed by atoms with Crippen molar-refractivity contribution in [1.82, 2.24) is 9.80 Å². The van der Waals surface area contributed by atoms with E-state index in [9.17, 15) is 14.7 Å². The number of carbonyl (C=O) groups excluding carboxylic acids is 1. The Labute approximate surface area is 131 Å². The molecule has 0 aromatic heterocycles. The molecule has 6 heteroatoms. The zero-order valence-corrected chi connectivity index (χ0v) is 14.2. The molecule has 2 unspecified atom stereocenters. The van der Waals surface area contributed by atoms with E-state index in [2.05, 4.69) is 13.8 Å². The number of amides is 2. The molecule has 2 saturated heterocycles. The zero-order chi connectivity index (χ0) is 15.8. The van der Waals surface area contributed by atoms with Crippen LogP contribution in [0.15, 0.2) is 0 Å². The molecule has 0 saturated carbocycles. The van der Waals surface area contributed by atoms with Crippen LogP contribution in [0.1, 0.15) is 40.5 Å². The van der Waals surface area contributed by atoms with Gasteiger partial charge in [0.1, 0.15) is 6.04 Å². The van der Waals surface area contributed by atoms with E-state index in [0.717, 1.165) is 19.4 Å². The van der Waals surface area contributed by atoms with Gasteiger partial charge in [-0.1, -0.05) is 27.7 Å². The Morgan fingerprint density at radius 3 is 2.52 bits per heavy atom. The number of piperidine rings is 1. The quantitative estimate of drug-likeness (QED) is 0.851.